The molecule has 8 nitrogen and oxygen atoms in total. The number of amides is 2. The third-order valence-corrected chi connectivity index (χ3v) is 10.1. The van der Waals surface area contributed by atoms with Crippen LogP contribution >= 0.6 is 23.2 Å². The first-order valence-electron chi connectivity index (χ1n) is 14.8. The fourth-order valence-electron chi connectivity index (χ4n) is 4.84. The van der Waals surface area contributed by atoms with E-state index in [1.807, 2.05) is 44.2 Å². The Labute approximate surface area is 280 Å². The first-order chi connectivity index (χ1) is 22.0. The van der Waals surface area contributed by atoms with Crippen LogP contribution in [0.4, 0.5) is 5.69 Å². The van der Waals surface area contributed by atoms with E-state index in [1.54, 1.807) is 60.7 Å². The molecule has 0 bridgehead atoms. The number of rotatable bonds is 14. The van der Waals surface area contributed by atoms with Crippen LogP contribution in [0.3, 0.4) is 0 Å². The number of sulfonamides is 1. The van der Waals surface area contributed by atoms with Gasteiger partial charge in [0, 0.05) is 25.1 Å². The van der Waals surface area contributed by atoms with Gasteiger partial charge in [-0.2, -0.15) is 0 Å². The van der Waals surface area contributed by atoms with Crippen LogP contribution in [0.25, 0.3) is 0 Å². The number of hydrogen-bond donors (Lipinski definition) is 1. The smallest absolute Gasteiger partial charge is 0.264 e. The summed E-state index contributed by atoms with van der Waals surface area (Å²) in [5.41, 5.74) is 1.69. The van der Waals surface area contributed by atoms with Gasteiger partial charge in [-0.1, -0.05) is 90.8 Å². The third-order valence-electron chi connectivity index (χ3n) is 7.56. The van der Waals surface area contributed by atoms with E-state index in [0.717, 1.165) is 9.87 Å². The van der Waals surface area contributed by atoms with Crippen molar-refractivity contribution in [2.24, 2.45) is 0 Å². The van der Waals surface area contributed by atoms with E-state index in [2.05, 4.69) is 5.32 Å². The Morgan fingerprint density at radius 2 is 1.52 bits per heavy atom. The lowest BCUT2D eigenvalue weighted by atomic mass is 10.0. The summed E-state index contributed by atoms with van der Waals surface area (Å²) in [6, 6.07) is 27.6. The fourth-order valence-corrected chi connectivity index (χ4v) is 6.59. The van der Waals surface area contributed by atoms with Gasteiger partial charge in [-0.05, 0) is 60.9 Å². The molecule has 0 aliphatic carbocycles. The van der Waals surface area contributed by atoms with Crippen LogP contribution in [-0.2, 0) is 32.6 Å². The topological polar surface area (TPSA) is 96.0 Å². The summed E-state index contributed by atoms with van der Waals surface area (Å²) in [4.78, 5) is 29.9. The molecule has 0 saturated carbocycles. The van der Waals surface area contributed by atoms with Gasteiger partial charge >= 0.3 is 0 Å². The van der Waals surface area contributed by atoms with Crippen LogP contribution in [0, 0.1) is 0 Å². The maximum Gasteiger partial charge on any atom is 0.264 e. The Kier molecular flexibility index (Phi) is 12.1. The molecule has 0 fully saturated rings. The second-order valence-corrected chi connectivity index (χ2v) is 13.5. The molecule has 0 aliphatic rings. The minimum Gasteiger partial charge on any atom is -0.497 e. The molecule has 1 N–H and O–H groups in total. The monoisotopic (exact) mass is 681 g/mol. The van der Waals surface area contributed by atoms with E-state index in [-0.39, 0.29) is 35.5 Å². The first-order valence-corrected chi connectivity index (χ1v) is 17.0. The molecule has 0 spiro atoms. The van der Waals surface area contributed by atoms with E-state index in [1.165, 1.54) is 24.1 Å². The summed E-state index contributed by atoms with van der Waals surface area (Å²) >= 11 is 12.5. The molecular weight excluding hydrogens is 645 g/mol. The Morgan fingerprint density at radius 3 is 2.15 bits per heavy atom. The lowest BCUT2D eigenvalue weighted by Crippen LogP contribution is -2.54. The fraction of sp³-hybridized carbons (Fsp3) is 0.257. The number of carbonyl (C=O) groups excluding carboxylic acids is 2. The van der Waals surface area contributed by atoms with Gasteiger partial charge < -0.3 is 15.0 Å². The van der Waals surface area contributed by atoms with Gasteiger partial charge in [-0.25, -0.2) is 8.42 Å². The number of halogens is 2. The summed E-state index contributed by atoms with van der Waals surface area (Å²) in [6.45, 7) is 3.22. The molecule has 46 heavy (non-hydrogen) atoms. The molecule has 2 atom stereocenters. The molecule has 0 heterocycles. The molecule has 2 amide bonds. The number of nitrogens with zero attached hydrogens (tertiary/aromatic N) is 2. The predicted octanol–water partition coefficient (Wildman–Crippen LogP) is 6.75. The van der Waals surface area contributed by atoms with Crippen molar-refractivity contribution in [1.82, 2.24) is 10.2 Å². The van der Waals surface area contributed by atoms with Crippen molar-refractivity contribution in [2.75, 3.05) is 18.0 Å². The Bertz CT molecular complexity index is 1740. The van der Waals surface area contributed by atoms with Crippen LogP contribution in [-0.4, -0.2) is 50.9 Å². The van der Waals surface area contributed by atoms with Crippen molar-refractivity contribution < 1.29 is 22.7 Å². The average Bonchev–Trinajstić information content (AvgIpc) is 3.07. The first kappa shape index (κ1) is 34.8. The normalized spacial score (nSPS) is 12.5. The number of methoxy groups -OCH3 is 1. The summed E-state index contributed by atoms with van der Waals surface area (Å²) < 4.78 is 34.6. The highest BCUT2D eigenvalue weighted by Crippen LogP contribution is 2.29. The molecule has 0 saturated heterocycles. The zero-order chi connectivity index (χ0) is 33.3. The Morgan fingerprint density at radius 1 is 0.848 bits per heavy atom. The Balaban J connectivity index is 1.83. The molecule has 242 valence electrons. The van der Waals surface area contributed by atoms with E-state index in [4.69, 9.17) is 27.9 Å². The summed E-state index contributed by atoms with van der Waals surface area (Å²) in [5, 5.41) is 3.66. The number of anilines is 1. The molecule has 0 radical (unpaired) electrons. The maximum absolute atomic E-state index is 14.6. The average molecular weight is 683 g/mol. The van der Waals surface area contributed by atoms with Gasteiger partial charge in [-0.15, -0.1) is 0 Å². The third kappa shape index (κ3) is 8.81. The van der Waals surface area contributed by atoms with Gasteiger partial charge in [-0.3, -0.25) is 13.9 Å². The zero-order valence-corrected chi connectivity index (χ0v) is 28.2. The van der Waals surface area contributed by atoms with Crippen molar-refractivity contribution in [3.63, 3.8) is 0 Å². The molecule has 4 rings (SSSR count). The van der Waals surface area contributed by atoms with Crippen molar-refractivity contribution in [1.29, 1.82) is 0 Å². The number of ether oxygens (including phenoxy) is 1. The second kappa shape index (κ2) is 16.0. The van der Waals surface area contributed by atoms with Crippen LogP contribution in [0.1, 0.15) is 31.4 Å². The molecule has 0 aromatic heterocycles. The largest absolute Gasteiger partial charge is 0.497 e. The van der Waals surface area contributed by atoms with Crippen molar-refractivity contribution >= 4 is 50.7 Å². The highest BCUT2D eigenvalue weighted by molar-refractivity contribution is 7.92. The van der Waals surface area contributed by atoms with E-state index >= 15 is 0 Å². The quantitative estimate of drug-likeness (QED) is 0.159. The predicted molar refractivity (Wildman–Crippen MR) is 183 cm³/mol. The Hall–Kier alpha value is -4.05. The van der Waals surface area contributed by atoms with E-state index in [0.29, 0.717) is 27.8 Å². The van der Waals surface area contributed by atoms with Crippen molar-refractivity contribution in [2.45, 2.75) is 50.2 Å². The molecular formula is C35H37Cl2N3O5S. The minimum absolute atomic E-state index is 0.0111. The number of nitrogens with one attached hydrogen (secondary N) is 1. The van der Waals surface area contributed by atoms with Crippen molar-refractivity contribution in [3.05, 3.63) is 124 Å². The molecule has 11 heteroatoms. The standard InChI is InChI=1S/C35H37Cl2N3O5S/c1-4-25(2)38-35(42)33(21-26-12-7-5-8-13-26)39(23-27-18-19-31(36)32(37)20-27)34(41)24-40(28-14-11-15-29(22-28)45-3)46(43,44)30-16-9-6-10-17-30/h5-20,22,25,33H,4,21,23-24H2,1-3H3,(H,38,42)/t25-,33-/m1/s1. The van der Waals surface area contributed by atoms with Crippen LogP contribution < -0.4 is 14.4 Å². The van der Waals surface area contributed by atoms with Crippen molar-refractivity contribution in [3.8, 4) is 5.75 Å². The molecule has 0 aliphatic heterocycles. The van der Waals surface area contributed by atoms with Gasteiger partial charge in [0.25, 0.3) is 10.0 Å². The van der Waals surface area contributed by atoms with Gasteiger partial charge in [0.1, 0.15) is 18.3 Å². The SMILES string of the molecule is CC[C@@H](C)NC(=O)[C@@H](Cc1ccccc1)N(Cc1ccc(Cl)c(Cl)c1)C(=O)CN(c1cccc(OC)c1)S(=O)(=O)c1ccccc1. The highest BCUT2D eigenvalue weighted by Gasteiger charge is 2.35. The number of carbonyl (C=O) groups is 2. The maximum atomic E-state index is 14.6. The zero-order valence-electron chi connectivity index (χ0n) is 25.9. The van der Waals surface area contributed by atoms with E-state index < -0.39 is 28.5 Å². The summed E-state index contributed by atoms with van der Waals surface area (Å²) in [5.74, 6) is -0.528. The molecule has 0 unspecified atom stereocenters. The summed E-state index contributed by atoms with van der Waals surface area (Å²) in [7, 11) is -2.75. The van der Waals surface area contributed by atoms with Gasteiger partial charge in [0.15, 0.2) is 0 Å². The van der Waals surface area contributed by atoms with Gasteiger partial charge in [0.05, 0.1) is 27.7 Å². The number of hydrogen-bond acceptors (Lipinski definition) is 5. The van der Waals surface area contributed by atoms with Crippen LogP contribution in [0.2, 0.25) is 10.0 Å². The van der Waals surface area contributed by atoms with Gasteiger partial charge in [0.2, 0.25) is 11.8 Å². The minimum atomic E-state index is -4.23. The molecule has 4 aromatic carbocycles. The van der Waals surface area contributed by atoms with E-state index in [9.17, 15) is 18.0 Å². The van der Waals surface area contributed by atoms with Crippen LogP contribution in [0.15, 0.2) is 108 Å². The molecule has 4 aromatic rings. The number of benzene rings is 4. The highest BCUT2D eigenvalue weighted by atomic mass is 35.5. The lowest BCUT2D eigenvalue weighted by molar-refractivity contribution is -0.140. The second-order valence-electron chi connectivity index (χ2n) is 10.8. The lowest BCUT2D eigenvalue weighted by Gasteiger charge is -2.34. The van der Waals surface area contributed by atoms with Crippen LogP contribution in [0.5, 0.6) is 5.75 Å². The summed E-state index contributed by atoms with van der Waals surface area (Å²) in [6.07, 6.45) is 0.879.